The van der Waals surface area contributed by atoms with E-state index in [9.17, 15) is 0 Å². The van der Waals surface area contributed by atoms with E-state index in [4.69, 9.17) is 5.73 Å². The van der Waals surface area contributed by atoms with Crippen LogP contribution in [-0.2, 0) is 12.2 Å². The lowest BCUT2D eigenvalue weighted by Crippen LogP contribution is -2.35. The average molecular weight is 335 g/mol. The molecule has 0 spiro atoms. The summed E-state index contributed by atoms with van der Waals surface area (Å²) in [5.74, 6) is 1.41. The number of nitrogens with zero attached hydrogens (tertiary/aromatic N) is 3. The van der Waals surface area contributed by atoms with Gasteiger partial charge in [-0.3, -0.25) is 4.99 Å². The Morgan fingerprint density at radius 3 is 3.00 bits per heavy atom. The maximum Gasteiger partial charge on any atom is 0.188 e. The zero-order valence-electron chi connectivity index (χ0n) is 13.7. The van der Waals surface area contributed by atoms with Gasteiger partial charge in [0.25, 0.3) is 0 Å². The fourth-order valence-electron chi connectivity index (χ4n) is 2.01. The van der Waals surface area contributed by atoms with Crippen molar-refractivity contribution in [2.24, 2.45) is 10.7 Å². The van der Waals surface area contributed by atoms with E-state index < -0.39 is 0 Å². The van der Waals surface area contributed by atoms with Crippen LogP contribution in [0, 0.1) is 6.92 Å². The van der Waals surface area contributed by atoms with E-state index in [1.54, 1.807) is 12.7 Å². The molecule has 7 nitrogen and oxygen atoms in total. The summed E-state index contributed by atoms with van der Waals surface area (Å²) in [6, 6.07) is 0. The Morgan fingerprint density at radius 1 is 1.43 bits per heavy atom. The van der Waals surface area contributed by atoms with Gasteiger partial charge in [-0.25, -0.2) is 9.97 Å². The molecule has 2 rings (SSSR count). The van der Waals surface area contributed by atoms with Crippen LogP contribution in [0.3, 0.4) is 0 Å². The molecule has 1 atom stereocenters. The number of guanidine groups is 1. The first-order chi connectivity index (χ1) is 11.1. The Bertz CT molecular complexity index is 591. The standard InChI is InChI=1S/C15H25N7S/c1-11(23-8-14-12(2)20-10-22-14)6-19-15(16)18-5-3-4-13-7-17-9-21-13/h7,9-11H,3-6,8H2,1-2H3,(H,17,21)(H,20,22)(H3,16,18,19)/t11-/m1/s1. The van der Waals surface area contributed by atoms with Crippen molar-refractivity contribution in [3.63, 3.8) is 0 Å². The maximum absolute atomic E-state index is 5.89. The number of hydrogen-bond donors (Lipinski definition) is 4. The summed E-state index contributed by atoms with van der Waals surface area (Å²) in [6.45, 7) is 5.72. The summed E-state index contributed by atoms with van der Waals surface area (Å²) in [5, 5.41) is 3.61. The predicted molar refractivity (Wildman–Crippen MR) is 95.5 cm³/mol. The molecule has 0 unspecified atom stereocenters. The summed E-state index contributed by atoms with van der Waals surface area (Å²) in [4.78, 5) is 18.8. The van der Waals surface area contributed by atoms with Gasteiger partial charge in [-0.2, -0.15) is 11.8 Å². The van der Waals surface area contributed by atoms with Crippen LogP contribution in [0.15, 0.2) is 23.8 Å². The Morgan fingerprint density at radius 2 is 2.30 bits per heavy atom. The first-order valence-electron chi connectivity index (χ1n) is 7.76. The lowest BCUT2D eigenvalue weighted by molar-refractivity contribution is 0.795. The van der Waals surface area contributed by atoms with E-state index in [-0.39, 0.29) is 0 Å². The first kappa shape index (κ1) is 17.4. The van der Waals surface area contributed by atoms with Gasteiger partial charge < -0.3 is 21.0 Å². The second kappa shape index (κ2) is 9.24. The summed E-state index contributed by atoms with van der Waals surface area (Å²) >= 11 is 1.85. The zero-order valence-corrected chi connectivity index (χ0v) is 14.5. The Labute approximate surface area is 141 Å². The van der Waals surface area contributed by atoms with Gasteiger partial charge in [0.2, 0.25) is 0 Å². The van der Waals surface area contributed by atoms with E-state index in [0.717, 1.165) is 42.2 Å². The molecule has 8 heteroatoms. The molecule has 0 aliphatic rings. The normalized spacial score (nSPS) is 13.2. The van der Waals surface area contributed by atoms with Crippen LogP contribution in [-0.4, -0.2) is 44.2 Å². The van der Waals surface area contributed by atoms with E-state index >= 15 is 0 Å². The second-order valence-corrected chi connectivity index (χ2v) is 6.85. The Balaban J connectivity index is 1.58. The summed E-state index contributed by atoms with van der Waals surface area (Å²) in [5.41, 5.74) is 9.27. The highest BCUT2D eigenvalue weighted by molar-refractivity contribution is 7.99. The Hall–Kier alpha value is -1.96. The molecule has 126 valence electrons. The molecule has 0 amide bonds. The van der Waals surface area contributed by atoms with Gasteiger partial charge in [0.1, 0.15) is 0 Å². The molecule has 23 heavy (non-hydrogen) atoms. The maximum atomic E-state index is 5.89. The number of thioether (sulfide) groups is 1. The molecule has 0 aliphatic carbocycles. The van der Waals surface area contributed by atoms with E-state index in [1.165, 1.54) is 0 Å². The van der Waals surface area contributed by atoms with Crippen LogP contribution in [0.2, 0.25) is 0 Å². The first-order valence-corrected chi connectivity index (χ1v) is 8.81. The smallest absolute Gasteiger partial charge is 0.188 e. The minimum Gasteiger partial charge on any atom is -0.370 e. The zero-order chi connectivity index (χ0) is 16.5. The molecule has 5 N–H and O–H groups in total. The molecular weight excluding hydrogens is 310 g/mol. The minimum absolute atomic E-state index is 0.435. The number of aromatic nitrogens is 4. The number of aliphatic imine (C=N–C) groups is 1. The van der Waals surface area contributed by atoms with Crippen LogP contribution in [0.5, 0.6) is 0 Å². The van der Waals surface area contributed by atoms with Gasteiger partial charge in [-0.05, 0) is 19.8 Å². The monoisotopic (exact) mass is 335 g/mol. The molecule has 0 aromatic carbocycles. The van der Waals surface area contributed by atoms with Crippen LogP contribution < -0.4 is 11.1 Å². The van der Waals surface area contributed by atoms with Crippen molar-refractivity contribution in [3.05, 3.63) is 35.9 Å². The highest BCUT2D eigenvalue weighted by Gasteiger charge is 2.06. The van der Waals surface area contributed by atoms with E-state index in [0.29, 0.717) is 17.8 Å². The molecule has 0 radical (unpaired) electrons. The number of hydrogen-bond acceptors (Lipinski definition) is 4. The average Bonchev–Trinajstić information content (AvgIpc) is 3.19. The van der Waals surface area contributed by atoms with E-state index in [2.05, 4.69) is 37.2 Å². The van der Waals surface area contributed by atoms with E-state index in [1.807, 2.05) is 24.9 Å². The molecule has 0 saturated heterocycles. The molecule has 2 aromatic heterocycles. The molecule has 2 heterocycles. The Kier molecular flexibility index (Phi) is 6.99. The van der Waals surface area contributed by atoms with Gasteiger partial charge in [0.15, 0.2) is 5.96 Å². The quantitative estimate of drug-likeness (QED) is 0.316. The number of aromatic amines is 2. The fourth-order valence-corrected chi connectivity index (χ4v) is 2.94. The van der Waals surface area contributed by atoms with Crippen LogP contribution >= 0.6 is 11.8 Å². The predicted octanol–water partition coefficient (Wildman–Crippen LogP) is 1.60. The van der Waals surface area contributed by atoms with Gasteiger partial charge in [-0.1, -0.05) is 6.92 Å². The fraction of sp³-hybridized carbons (Fsp3) is 0.533. The SMILES string of the molecule is Cc1[nH]cnc1CS[C@H](C)CNC(N)=NCCCc1cnc[nH]1. The van der Waals surface area contributed by atoms with Gasteiger partial charge >= 0.3 is 0 Å². The molecule has 0 aliphatic heterocycles. The summed E-state index contributed by atoms with van der Waals surface area (Å²) < 4.78 is 0. The number of rotatable bonds is 9. The number of H-pyrrole nitrogens is 2. The van der Waals surface area contributed by atoms with Crippen molar-refractivity contribution in [1.82, 2.24) is 25.3 Å². The van der Waals surface area contributed by atoms with Gasteiger partial charge in [-0.15, -0.1) is 0 Å². The van der Waals surface area contributed by atoms with Crippen molar-refractivity contribution < 1.29 is 0 Å². The molecule has 2 aromatic rings. The van der Waals surface area contributed by atoms with Crippen LogP contribution in [0.25, 0.3) is 0 Å². The number of imidazole rings is 2. The summed E-state index contributed by atoms with van der Waals surface area (Å²) in [7, 11) is 0. The van der Waals surface area contributed by atoms with Crippen molar-refractivity contribution in [3.8, 4) is 0 Å². The lowest BCUT2D eigenvalue weighted by Gasteiger charge is -2.12. The van der Waals surface area contributed by atoms with Crippen LogP contribution in [0.1, 0.15) is 30.4 Å². The molecule has 0 saturated carbocycles. The van der Waals surface area contributed by atoms with Crippen molar-refractivity contribution in [2.75, 3.05) is 13.1 Å². The number of nitrogens with two attached hydrogens (primary N) is 1. The van der Waals surface area contributed by atoms with Gasteiger partial charge in [0.05, 0.1) is 18.3 Å². The van der Waals surface area contributed by atoms with Crippen LogP contribution in [0.4, 0.5) is 0 Å². The third kappa shape index (κ3) is 6.35. The topological polar surface area (TPSA) is 108 Å². The second-order valence-electron chi connectivity index (χ2n) is 5.42. The number of nitrogens with one attached hydrogen (secondary N) is 3. The molecule has 0 bridgehead atoms. The molecular formula is C15H25N7S. The number of aryl methyl sites for hydroxylation is 2. The lowest BCUT2D eigenvalue weighted by atomic mass is 10.2. The van der Waals surface area contributed by atoms with Gasteiger partial charge in [0, 0.05) is 41.7 Å². The van der Waals surface area contributed by atoms with Crippen molar-refractivity contribution >= 4 is 17.7 Å². The highest BCUT2D eigenvalue weighted by atomic mass is 32.2. The third-order valence-electron chi connectivity index (χ3n) is 3.45. The van der Waals surface area contributed by atoms with Crippen molar-refractivity contribution in [1.29, 1.82) is 0 Å². The molecule has 0 fully saturated rings. The minimum atomic E-state index is 0.435. The highest BCUT2D eigenvalue weighted by Crippen LogP contribution is 2.17. The third-order valence-corrected chi connectivity index (χ3v) is 4.63. The summed E-state index contributed by atoms with van der Waals surface area (Å²) in [6.07, 6.45) is 7.16. The van der Waals surface area contributed by atoms with Crippen molar-refractivity contribution in [2.45, 2.75) is 37.7 Å². The largest absolute Gasteiger partial charge is 0.370 e.